The molecule has 10 heteroatoms. The monoisotopic (exact) mass is 583 g/mol. The molecule has 0 saturated carbocycles. The molecule has 1 aromatic carbocycles. The molecule has 2 saturated heterocycles. The van der Waals surface area contributed by atoms with E-state index < -0.39 is 17.3 Å². The van der Waals surface area contributed by atoms with Gasteiger partial charge in [-0.1, -0.05) is 13.3 Å². The third-order valence-electron chi connectivity index (χ3n) is 7.70. The molecule has 3 heterocycles. The van der Waals surface area contributed by atoms with Gasteiger partial charge in [0.2, 0.25) is 0 Å². The molecule has 0 unspecified atom stereocenters. The van der Waals surface area contributed by atoms with Gasteiger partial charge < -0.3 is 24.6 Å². The molecule has 1 aromatic rings. The molecular weight excluding hydrogens is 553 g/mol. The second-order valence-corrected chi connectivity index (χ2v) is 9.52. The van der Waals surface area contributed by atoms with Gasteiger partial charge in [-0.2, -0.15) is 5.26 Å². The average Bonchev–Trinajstić information content (AvgIpc) is 3.14. The molecule has 3 aliphatic rings. The summed E-state index contributed by atoms with van der Waals surface area (Å²) in [4.78, 5) is 15.0. The number of ether oxygens (including phenoxy) is 3. The van der Waals surface area contributed by atoms with E-state index in [1.807, 2.05) is 23.0 Å². The van der Waals surface area contributed by atoms with Gasteiger partial charge in [0.15, 0.2) is 5.72 Å². The van der Waals surface area contributed by atoms with Gasteiger partial charge in [0.1, 0.15) is 34.4 Å². The van der Waals surface area contributed by atoms with Crippen LogP contribution in [0.1, 0.15) is 37.3 Å². The van der Waals surface area contributed by atoms with E-state index in [0.29, 0.717) is 47.5 Å². The van der Waals surface area contributed by atoms with Crippen LogP contribution in [0, 0.1) is 23.2 Å². The maximum atomic E-state index is 12.7. The molecule has 0 amide bonds. The summed E-state index contributed by atoms with van der Waals surface area (Å²) in [6.45, 7) is 3.50. The van der Waals surface area contributed by atoms with Crippen LogP contribution in [0.4, 0.5) is 5.69 Å². The lowest BCUT2D eigenvalue weighted by atomic mass is 9.67. The molecule has 5 atom stereocenters. The van der Waals surface area contributed by atoms with Gasteiger partial charge in [0.25, 0.3) is 0 Å². The van der Waals surface area contributed by atoms with E-state index in [1.54, 1.807) is 12.1 Å². The largest absolute Gasteiger partial charge is 0.504 e. The Labute approximate surface area is 213 Å². The summed E-state index contributed by atoms with van der Waals surface area (Å²) in [7, 11) is 4.41. The highest BCUT2D eigenvalue weighted by Crippen LogP contribution is 2.59. The predicted molar refractivity (Wildman–Crippen MR) is 132 cm³/mol. The van der Waals surface area contributed by atoms with Crippen LogP contribution >= 0.6 is 23.0 Å². The lowest BCUT2D eigenvalue weighted by Gasteiger charge is -2.57. The highest BCUT2D eigenvalue weighted by Gasteiger charge is 2.68. The molecule has 3 aliphatic heterocycles. The smallest absolute Gasteiger partial charge is 0.337 e. The Hall–Kier alpha value is -2.07. The summed E-state index contributed by atoms with van der Waals surface area (Å²) >= 11 is 1.84. The molecule has 9 nitrogen and oxygen atoms in total. The first-order chi connectivity index (χ1) is 16.3. The molecule has 2 fully saturated rings. The number of piperidine rings is 2. The van der Waals surface area contributed by atoms with Crippen molar-refractivity contribution in [1.82, 2.24) is 4.90 Å². The third kappa shape index (κ3) is 3.56. The van der Waals surface area contributed by atoms with Crippen LogP contribution in [0.3, 0.4) is 0 Å². The summed E-state index contributed by atoms with van der Waals surface area (Å²) in [6.07, 6.45) is 3.32. The Morgan fingerprint density at radius 2 is 2.18 bits per heavy atom. The van der Waals surface area contributed by atoms with Gasteiger partial charge in [0, 0.05) is 18.8 Å². The zero-order valence-corrected chi connectivity index (χ0v) is 21.9. The number of rotatable bonds is 6. The fraction of sp³-hybridized carbons (Fsp3) is 0.583. The minimum atomic E-state index is -1.40. The normalized spacial score (nSPS) is 32.5. The van der Waals surface area contributed by atoms with Crippen molar-refractivity contribution in [1.29, 1.82) is 5.26 Å². The van der Waals surface area contributed by atoms with Crippen molar-refractivity contribution in [2.24, 2.45) is 11.8 Å². The Morgan fingerprint density at radius 1 is 1.41 bits per heavy atom. The fourth-order valence-corrected chi connectivity index (χ4v) is 6.87. The number of nitrogens with zero attached hydrogens (tertiary/aromatic N) is 2. The van der Waals surface area contributed by atoms with Crippen molar-refractivity contribution in [2.45, 2.75) is 43.6 Å². The van der Waals surface area contributed by atoms with Gasteiger partial charge in [-0.3, -0.25) is 7.97 Å². The summed E-state index contributed by atoms with van der Waals surface area (Å²) < 4.78 is 22.1. The molecule has 0 spiro atoms. The van der Waals surface area contributed by atoms with Crippen molar-refractivity contribution < 1.29 is 27.2 Å². The Bertz CT molecular complexity index is 1040. The predicted octanol–water partition coefficient (Wildman–Crippen LogP) is 3.07. The van der Waals surface area contributed by atoms with Crippen LogP contribution in [0.5, 0.6) is 5.75 Å². The first kappa shape index (κ1) is 25.0. The SMILES string of the molecule is CC[C@@H]1CN2CC[C@]3(O)c4c(cc(C#N)cc4OC)N[C@]3(OI)[C@@H]2C[C@@H]1/C(=C\OC)C(=O)OC. The van der Waals surface area contributed by atoms with Gasteiger partial charge in [0.05, 0.1) is 56.4 Å². The van der Waals surface area contributed by atoms with E-state index in [0.717, 1.165) is 13.0 Å². The standard InChI is InChI=1S/C24H30IN3O6/c1-5-15-12-28-7-6-23(30)21-18(8-14(11-26)9-19(21)32-3)27-24(23,34-25)20(28)10-16(15)17(13-31-2)22(29)33-4/h8-9,13,15-16,20,27,30H,5-7,10,12H2,1-4H3/b17-13+/t15-,16+,20+,23+,24+/m1/s1. The van der Waals surface area contributed by atoms with Crippen LogP contribution in [0.2, 0.25) is 0 Å². The Morgan fingerprint density at radius 3 is 2.76 bits per heavy atom. The number of carbonyl (C=O) groups is 1. The quantitative estimate of drug-likeness (QED) is 0.226. The Kier molecular flexibility index (Phi) is 7.01. The number of hydrogen-bond donors (Lipinski definition) is 2. The van der Waals surface area contributed by atoms with Crippen molar-refractivity contribution in [2.75, 3.05) is 39.7 Å². The molecule has 4 rings (SSSR count). The van der Waals surface area contributed by atoms with E-state index in [4.69, 9.17) is 17.3 Å². The van der Waals surface area contributed by atoms with Crippen LogP contribution in [-0.4, -0.2) is 62.2 Å². The van der Waals surface area contributed by atoms with Crippen molar-refractivity contribution >= 4 is 34.7 Å². The van der Waals surface area contributed by atoms with Gasteiger partial charge >= 0.3 is 5.97 Å². The van der Waals surface area contributed by atoms with E-state index in [2.05, 4.69) is 23.2 Å². The molecule has 0 aliphatic carbocycles. The van der Waals surface area contributed by atoms with Crippen LogP contribution in [0.15, 0.2) is 24.0 Å². The highest BCUT2D eigenvalue weighted by molar-refractivity contribution is 14.1. The molecule has 184 valence electrons. The first-order valence-corrected chi connectivity index (χ1v) is 12.2. The zero-order valence-electron chi connectivity index (χ0n) is 19.8. The van der Waals surface area contributed by atoms with Crippen LogP contribution in [0.25, 0.3) is 0 Å². The second-order valence-electron chi connectivity index (χ2n) is 9.08. The number of methoxy groups -OCH3 is 3. The van der Waals surface area contributed by atoms with Crippen molar-refractivity contribution in [3.63, 3.8) is 0 Å². The van der Waals surface area contributed by atoms with E-state index >= 15 is 0 Å². The molecule has 0 bridgehead atoms. The number of anilines is 1. The zero-order chi connectivity index (χ0) is 24.7. The fourth-order valence-electron chi connectivity index (χ4n) is 6.10. The summed E-state index contributed by atoms with van der Waals surface area (Å²) in [5.74, 6) is 0.0858. The molecular formula is C24H30IN3O6. The minimum Gasteiger partial charge on any atom is -0.504 e. The van der Waals surface area contributed by atoms with E-state index in [9.17, 15) is 15.2 Å². The van der Waals surface area contributed by atoms with Crippen LogP contribution < -0.4 is 10.1 Å². The average molecular weight is 583 g/mol. The number of nitriles is 1. The maximum Gasteiger partial charge on any atom is 0.337 e. The topological polar surface area (TPSA) is 113 Å². The summed E-state index contributed by atoms with van der Waals surface area (Å²) in [5.41, 5.74) is -0.486. The number of nitrogens with one attached hydrogen (secondary N) is 1. The number of hydrogen-bond acceptors (Lipinski definition) is 9. The number of carbonyl (C=O) groups excluding carboxylic acids is 1. The maximum absolute atomic E-state index is 12.7. The van der Waals surface area contributed by atoms with Gasteiger partial charge in [-0.25, -0.2) is 4.79 Å². The Balaban J connectivity index is 1.82. The molecule has 2 N–H and O–H groups in total. The lowest BCUT2D eigenvalue weighted by Crippen LogP contribution is -2.72. The summed E-state index contributed by atoms with van der Waals surface area (Å²) in [6, 6.07) is 5.24. The third-order valence-corrected chi connectivity index (χ3v) is 8.39. The number of benzene rings is 1. The van der Waals surface area contributed by atoms with Gasteiger partial charge in [-0.15, -0.1) is 0 Å². The summed E-state index contributed by atoms with van der Waals surface area (Å²) in [5, 5.41) is 25.2. The van der Waals surface area contributed by atoms with Gasteiger partial charge in [-0.05, 0) is 36.8 Å². The second kappa shape index (κ2) is 9.53. The lowest BCUT2D eigenvalue weighted by molar-refractivity contribution is -0.188. The molecule has 0 radical (unpaired) electrons. The highest BCUT2D eigenvalue weighted by atomic mass is 127. The van der Waals surface area contributed by atoms with Crippen molar-refractivity contribution in [3.05, 3.63) is 35.1 Å². The number of aliphatic hydroxyl groups is 1. The van der Waals surface area contributed by atoms with E-state index in [1.165, 1.54) is 27.6 Å². The number of halogens is 1. The minimum absolute atomic E-state index is 0.147. The molecule has 0 aromatic heterocycles. The molecule has 34 heavy (non-hydrogen) atoms. The number of esters is 1. The first-order valence-electron chi connectivity index (χ1n) is 11.3. The van der Waals surface area contributed by atoms with Crippen molar-refractivity contribution in [3.8, 4) is 11.8 Å². The number of fused-ring (bicyclic) bond motifs is 5. The van der Waals surface area contributed by atoms with Crippen LogP contribution in [-0.2, 0) is 22.9 Å². The van der Waals surface area contributed by atoms with E-state index in [-0.39, 0.29) is 17.9 Å².